The lowest BCUT2D eigenvalue weighted by Gasteiger charge is -2.11. The lowest BCUT2D eigenvalue weighted by Crippen LogP contribution is -2.13. The molecule has 28 heavy (non-hydrogen) atoms. The quantitative estimate of drug-likeness (QED) is 0.611. The molecule has 0 radical (unpaired) electrons. The third-order valence-electron chi connectivity index (χ3n) is 4.79. The van der Waals surface area contributed by atoms with Crippen molar-refractivity contribution in [3.8, 4) is 11.5 Å². The number of hydrogen-bond acceptors (Lipinski definition) is 4. The van der Waals surface area contributed by atoms with Gasteiger partial charge in [0.25, 0.3) is 0 Å². The molecule has 3 aromatic rings. The molecule has 1 aromatic carbocycles. The zero-order valence-corrected chi connectivity index (χ0v) is 16.4. The van der Waals surface area contributed by atoms with Gasteiger partial charge in [-0.2, -0.15) is 5.10 Å². The number of aromatic nitrogens is 4. The predicted molar refractivity (Wildman–Crippen MR) is 106 cm³/mol. The molecule has 1 atom stereocenters. The molecular weight excluding hydrogens is 360 g/mol. The topological polar surface area (TPSA) is 55.6 Å². The Labute approximate surface area is 163 Å². The first kappa shape index (κ1) is 19.9. The minimum absolute atomic E-state index is 0.173. The maximum atomic E-state index is 14.1. The van der Waals surface area contributed by atoms with Crippen LogP contribution >= 0.6 is 0 Å². The number of nitrogens with zero attached hydrogens (tertiary/aromatic N) is 4. The summed E-state index contributed by atoms with van der Waals surface area (Å²) < 4.78 is 29.8. The number of rotatable bonds is 8. The highest BCUT2D eigenvalue weighted by Gasteiger charge is 2.15. The largest absolute Gasteiger partial charge is 0.367 e. The number of aryl methyl sites for hydroxylation is 1. The van der Waals surface area contributed by atoms with Crippen LogP contribution in [-0.4, -0.2) is 26.3 Å². The van der Waals surface area contributed by atoms with Crippen LogP contribution in [0.3, 0.4) is 0 Å². The Hall–Kier alpha value is -2.83. The molecule has 0 aliphatic carbocycles. The van der Waals surface area contributed by atoms with Crippen LogP contribution in [0.5, 0.6) is 0 Å². The van der Waals surface area contributed by atoms with Crippen molar-refractivity contribution in [3.05, 3.63) is 59.4 Å². The van der Waals surface area contributed by atoms with Gasteiger partial charge >= 0.3 is 0 Å². The summed E-state index contributed by atoms with van der Waals surface area (Å²) in [7, 11) is 0. The summed E-state index contributed by atoms with van der Waals surface area (Å²) in [6.07, 6.45) is 2.87. The van der Waals surface area contributed by atoms with Gasteiger partial charge in [0.1, 0.15) is 11.5 Å². The lowest BCUT2D eigenvalue weighted by molar-refractivity contribution is 0.576. The number of benzene rings is 1. The molecule has 2 heterocycles. The van der Waals surface area contributed by atoms with Gasteiger partial charge in [0, 0.05) is 17.8 Å². The van der Waals surface area contributed by atoms with E-state index in [-0.39, 0.29) is 11.6 Å². The Morgan fingerprint density at radius 1 is 1.14 bits per heavy atom. The van der Waals surface area contributed by atoms with E-state index in [1.165, 1.54) is 6.07 Å². The van der Waals surface area contributed by atoms with Crippen molar-refractivity contribution in [3.63, 3.8) is 0 Å². The van der Waals surface area contributed by atoms with E-state index in [1.54, 1.807) is 22.9 Å². The monoisotopic (exact) mass is 385 g/mol. The SMILES string of the molecule is CCc1cc(-c2ncc(F)c(NCC(C)CC)n2)nn1Cc1ccccc1F. The van der Waals surface area contributed by atoms with Gasteiger partial charge in [0.15, 0.2) is 17.5 Å². The molecule has 1 N–H and O–H groups in total. The molecule has 0 fully saturated rings. The highest BCUT2D eigenvalue weighted by Crippen LogP contribution is 2.21. The van der Waals surface area contributed by atoms with Gasteiger partial charge in [-0.1, -0.05) is 45.4 Å². The fraction of sp³-hybridized carbons (Fsp3) is 0.381. The maximum Gasteiger partial charge on any atom is 0.183 e. The third-order valence-corrected chi connectivity index (χ3v) is 4.79. The Balaban J connectivity index is 1.88. The summed E-state index contributed by atoms with van der Waals surface area (Å²) >= 11 is 0. The van der Waals surface area contributed by atoms with Gasteiger partial charge in [-0.15, -0.1) is 0 Å². The van der Waals surface area contributed by atoms with Crippen LogP contribution < -0.4 is 5.32 Å². The molecule has 0 amide bonds. The van der Waals surface area contributed by atoms with Gasteiger partial charge in [0.05, 0.1) is 12.7 Å². The Bertz CT molecular complexity index is 938. The summed E-state index contributed by atoms with van der Waals surface area (Å²) in [4.78, 5) is 8.41. The minimum atomic E-state index is -0.492. The summed E-state index contributed by atoms with van der Waals surface area (Å²) in [6, 6.07) is 8.50. The molecule has 148 valence electrons. The average Bonchev–Trinajstić information content (AvgIpc) is 3.11. The summed E-state index contributed by atoms with van der Waals surface area (Å²) in [5, 5.41) is 7.59. The molecule has 0 aliphatic rings. The number of hydrogen-bond donors (Lipinski definition) is 1. The number of nitrogens with one attached hydrogen (secondary N) is 1. The molecule has 3 rings (SSSR count). The van der Waals surface area contributed by atoms with E-state index in [0.29, 0.717) is 36.1 Å². The minimum Gasteiger partial charge on any atom is -0.367 e. The van der Waals surface area contributed by atoms with Crippen LogP contribution in [0.1, 0.15) is 38.4 Å². The summed E-state index contributed by atoms with van der Waals surface area (Å²) in [6.45, 7) is 7.12. The summed E-state index contributed by atoms with van der Waals surface area (Å²) in [5.41, 5.74) is 2.03. The van der Waals surface area contributed by atoms with Gasteiger partial charge < -0.3 is 5.32 Å². The van der Waals surface area contributed by atoms with Crippen molar-refractivity contribution in [2.24, 2.45) is 5.92 Å². The lowest BCUT2D eigenvalue weighted by atomic mass is 10.1. The fourth-order valence-corrected chi connectivity index (χ4v) is 2.80. The van der Waals surface area contributed by atoms with Crippen LogP contribution in [0.2, 0.25) is 0 Å². The van der Waals surface area contributed by atoms with Gasteiger partial charge in [-0.25, -0.2) is 18.7 Å². The van der Waals surface area contributed by atoms with Crippen LogP contribution in [0.15, 0.2) is 36.5 Å². The zero-order valence-electron chi connectivity index (χ0n) is 16.4. The van der Waals surface area contributed by atoms with Crippen LogP contribution in [0, 0.1) is 17.6 Å². The predicted octanol–water partition coefficient (Wildman–Crippen LogP) is 4.69. The first-order valence-electron chi connectivity index (χ1n) is 9.58. The van der Waals surface area contributed by atoms with E-state index < -0.39 is 5.82 Å². The molecule has 0 saturated heterocycles. The second-order valence-electron chi connectivity index (χ2n) is 6.91. The van der Waals surface area contributed by atoms with Crippen molar-refractivity contribution in [1.29, 1.82) is 0 Å². The average molecular weight is 385 g/mol. The molecule has 7 heteroatoms. The third kappa shape index (κ3) is 4.52. The molecular formula is C21H25F2N5. The van der Waals surface area contributed by atoms with E-state index in [2.05, 4.69) is 34.2 Å². The Kier molecular flexibility index (Phi) is 6.34. The smallest absolute Gasteiger partial charge is 0.183 e. The Morgan fingerprint density at radius 3 is 2.64 bits per heavy atom. The van der Waals surface area contributed by atoms with E-state index in [4.69, 9.17) is 0 Å². The first-order valence-corrected chi connectivity index (χ1v) is 9.58. The van der Waals surface area contributed by atoms with E-state index in [1.807, 2.05) is 13.0 Å². The molecule has 1 unspecified atom stereocenters. The molecule has 2 aromatic heterocycles. The standard InChI is InChI=1S/C21H25F2N5/c1-4-14(3)11-24-20-18(23)12-25-21(26-20)19-10-16(5-2)28(27-19)13-15-8-6-7-9-17(15)22/h6-10,12,14H,4-5,11,13H2,1-3H3,(H,24,25,26). The van der Waals surface area contributed by atoms with Crippen molar-refractivity contribution in [2.75, 3.05) is 11.9 Å². The van der Waals surface area contributed by atoms with E-state index in [9.17, 15) is 8.78 Å². The number of halogens is 2. The van der Waals surface area contributed by atoms with Crippen molar-refractivity contribution in [1.82, 2.24) is 19.7 Å². The second kappa shape index (κ2) is 8.91. The highest BCUT2D eigenvalue weighted by molar-refractivity contribution is 5.53. The zero-order chi connectivity index (χ0) is 20.1. The first-order chi connectivity index (χ1) is 13.5. The van der Waals surface area contributed by atoms with Crippen LogP contribution in [-0.2, 0) is 13.0 Å². The van der Waals surface area contributed by atoms with E-state index in [0.717, 1.165) is 24.7 Å². The maximum absolute atomic E-state index is 14.1. The van der Waals surface area contributed by atoms with Gasteiger partial charge in [-0.05, 0) is 24.5 Å². The molecule has 0 bridgehead atoms. The molecule has 0 spiro atoms. The summed E-state index contributed by atoms with van der Waals surface area (Å²) in [5.74, 6) is 0.163. The van der Waals surface area contributed by atoms with Crippen LogP contribution in [0.25, 0.3) is 11.5 Å². The second-order valence-corrected chi connectivity index (χ2v) is 6.91. The van der Waals surface area contributed by atoms with Gasteiger partial charge in [-0.3, -0.25) is 4.68 Å². The van der Waals surface area contributed by atoms with Crippen molar-refractivity contribution >= 4 is 5.82 Å². The van der Waals surface area contributed by atoms with Gasteiger partial charge in [0.2, 0.25) is 0 Å². The normalized spacial score (nSPS) is 12.2. The van der Waals surface area contributed by atoms with Crippen molar-refractivity contribution < 1.29 is 8.78 Å². The molecule has 0 aliphatic heterocycles. The fourth-order valence-electron chi connectivity index (χ4n) is 2.80. The molecule has 5 nitrogen and oxygen atoms in total. The van der Waals surface area contributed by atoms with Crippen LogP contribution in [0.4, 0.5) is 14.6 Å². The number of anilines is 1. The molecule has 0 saturated carbocycles. The highest BCUT2D eigenvalue weighted by atomic mass is 19.1. The van der Waals surface area contributed by atoms with Crippen molar-refractivity contribution in [2.45, 2.75) is 40.2 Å². The Morgan fingerprint density at radius 2 is 1.93 bits per heavy atom. The van der Waals surface area contributed by atoms with E-state index >= 15 is 0 Å².